The molecule has 0 unspecified atom stereocenters. The number of hydrogen-bond acceptors (Lipinski definition) is 5. The summed E-state index contributed by atoms with van der Waals surface area (Å²) in [6, 6.07) is 0. The Morgan fingerprint density at radius 2 is 1.52 bits per heavy atom. The van der Waals surface area contributed by atoms with E-state index in [1.165, 1.54) is 58.9 Å². The summed E-state index contributed by atoms with van der Waals surface area (Å²) in [5, 5.41) is 9.07. The molecule has 0 aromatic carbocycles. The minimum atomic E-state index is -2.43. The zero-order chi connectivity index (χ0) is 25.0. The van der Waals surface area contributed by atoms with Gasteiger partial charge in [0.05, 0.1) is 0 Å². The standard InChI is InChI=1S/C15H25O5.3C4H9.Sn/c1-5-12(2)14(20-11-18-3)13(15(17)19-4)9-7-6-8-10-16;3*1-3-4-2;/h1,5,9,12,14,16H,6-8,10-11H2,2-4H3;3*1,3-4H2,2H3;/b5-1?,13-9-;;;;/t12-,14+;;;;/m0..../s1. The number of ether oxygens (including phenoxy) is 3. The Balaban J connectivity index is 5.90. The van der Waals surface area contributed by atoms with Crippen LogP contribution < -0.4 is 0 Å². The van der Waals surface area contributed by atoms with E-state index >= 15 is 0 Å². The average Bonchev–Trinajstić information content (AvgIpc) is 2.83. The Morgan fingerprint density at radius 3 is 1.97 bits per heavy atom. The number of hydrogen-bond donors (Lipinski definition) is 1. The molecule has 0 aromatic heterocycles. The number of methoxy groups -OCH3 is 2. The van der Waals surface area contributed by atoms with Gasteiger partial charge < -0.3 is 0 Å². The van der Waals surface area contributed by atoms with E-state index in [1.54, 1.807) is 7.11 Å². The van der Waals surface area contributed by atoms with Crippen LogP contribution in [0.2, 0.25) is 13.3 Å². The molecule has 6 heteroatoms. The molecule has 0 rings (SSSR count). The van der Waals surface area contributed by atoms with E-state index in [0.717, 1.165) is 6.42 Å². The zero-order valence-corrected chi connectivity index (χ0v) is 25.2. The summed E-state index contributed by atoms with van der Waals surface area (Å²) < 4.78 is 23.2. The second-order valence-corrected chi connectivity index (χ2v) is 22.3. The van der Waals surface area contributed by atoms with E-state index in [0.29, 0.717) is 18.4 Å². The SMILES string of the molecule is CCC[CH2][Sn](/[CH]=C/[C@H](C)[C@@H](OCOC)/C(=C/CCCCO)C(=O)OC)([CH2]CCC)[CH2]CCC. The van der Waals surface area contributed by atoms with Gasteiger partial charge in [0.2, 0.25) is 0 Å². The molecule has 0 bridgehead atoms. The molecule has 194 valence electrons. The Labute approximate surface area is 208 Å². The summed E-state index contributed by atoms with van der Waals surface area (Å²) in [6.45, 7) is 9.30. The van der Waals surface area contributed by atoms with Crippen molar-refractivity contribution in [2.24, 2.45) is 5.92 Å². The molecule has 0 saturated heterocycles. The van der Waals surface area contributed by atoms with E-state index in [9.17, 15) is 4.79 Å². The van der Waals surface area contributed by atoms with Crippen molar-refractivity contribution in [3.05, 3.63) is 21.8 Å². The van der Waals surface area contributed by atoms with E-state index in [1.807, 2.05) is 6.08 Å². The average molecular weight is 575 g/mol. The van der Waals surface area contributed by atoms with E-state index in [-0.39, 0.29) is 25.3 Å². The first-order chi connectivity index (χ1) is 15.9. The molecule has 0 amide bonds. The maximum atomic E-state index is 12.6. The van der Waals surface area contributed by atoms with Crippen LogP contribution in [0.25, 0.3) is 0 Å². The van der Waals surface area contributed by atoms with Gasteiger partial charge in [-0.1, -0.05) is 0 Å². The van der Waals surface area contributed by atoms with Crippen LogP contribution in [0, 0.1) is 5.92 Å². The number of allylic oxidation sites excluding steroid dienone is 1. The summed E-state index contributed by atoms with van der Waals surface area (Å²) in [5.41, 5.74) is 0.557. The zero-order valence-electron chi connectivity index (χ0n) is 22.4. The van der Waals surface area contributed by atoms with Gasteiger partial charge in [-0.2, -0.15) is 0 Å². The molecule has 0 saturated carbocycles. The summed E-state index contributed by atoms with van der Waals surface area (Å²) in [6.07, 6.45) is 13.8. The Hall–Kier alpha value is -0.371. The van der Waals surface area contributed by atoms with Crippen LogP contribution in [-0.4, -0.2) is 63.2 Å². The number of carbonyl (C=O) groups excluding carboxylic acids is 1. The van der Waals surface area contributed by atoms with Crippen LogP contribution >= 0.6 is 0 Å². The van der Waals surface area contributed by atoms with Crippen molar-refractivity contribution >= 4 is 24.3 Å². The van der Waals surface area contributed by atoms with Gasteiger partial charge in [-0.05, 0) is 0 Å². The molecular weight excluding hydrogens is 523 g/mol. The number of unbranched alkanes of at least 4 members (excludes halogenated alkanes) is 5. The first-order valence-electron chi connectivity index (χ1n) is 13.1. The quantitative estimate of drug-likeness (QED) is 0.0535. The molecule has 0 aliphatic carbocycles. The summed E-state index contributed by atoms with van der Waals surface area (Å²) in [5.74, 6) is -0.303. The molecular formula is C27H52O5Sn. The minimum absolute atomic E-state index is 0.0456. The van der Waals surface area contributed by atoms with Gasteiger partial charge in [0, 0.05) is 0 Å². The third-order valence-electron chi connectivity index (χ3n) is 6.39. The third kappa shape index (κ3) is 13.9. The van der Waals surface area contributed by atoms with E-state index < -0.39 is 24.5 Å². The topological polar surface area (TPSA) is 65.0 Å². The predicted molar refractivity (Wildman–Crippen MR) is 141 cm³/mol. The molecule has 0 aromatic rings. The molecule has 0 aliphatic heterocycles. The van der Waals surface area contributed by atoms with Crippen LogP contribution in [0.15, 0.2) is 21.8 Å². The molecule has 5 nitrogen and oxygen atoms in total. The second kappa shape index (κ2) is 21.0. The first-order valence-corrected chi connectivity index (χ1v) is 20.8. The fraction of sp³-hybridized carbons (Fsp3) is 0.815. The Morgan fingerprint density at radius 1 is 0.939 bits per heavy atom. The predicted octanol–water partition coefficient (Wildman–Crippen LogP) is 6.82. The monoisotopic (exact) mass is 576 g/mol. The van der Waals surface area contributed by atoms with Gasteiger partial charge in [-0.25, -0.2) is 0 Å². The number of carbonyl (C=O) groups is 1. The molecule has 0 radical (unpaired) electrons. The number of aliphatic hydroxyl groups excluding tert-OH is 1. The van der Waals surface area contributed by atoms with Crippen molar-refractivity contribution in [1.82, 2.24) is 0 Å². The van der Waals surface area contributed by atoms with Crippen LogP contribution in [0.4, 0.5) is 0 Å². The van der Waals surface area contributed by atoms with Crippen molar-refractivity contribution < 1.29 is 24.1 Å². The second-order valence-electron chi connectivity index (χ2n) is 9.26. The van der Waals surface area contributed by atoms with Crippen molar-refractivity contribution in [3.8, 4) is 0 Å². The number of esters is 1. The van der Waals surface area contributed by atoms with Crippen LogP contribution in [0.3, 0.4) is 0 Å². The van der Waals surface area contributed by atoms with Gasteiger partial charge in [0.15, 0.2) is 0 Å². The Bertz CT molecular complexity index is 525. The molecule has 1 N–H and O–H groups in total. The van der Waals surface area contributed by atoms with E-state index in [2.05, 4.69) is 37.9 Å². The summed E-state index contributed by atoms with van der Waals surface area (Å²) in [7, 11) is 3.02. The van der Waals surface area contributed by atoms with Gasteiger partial charge in [-0.15, -0.1) is 0 Å². The van der Waals surface area contributed by atoms with Crippen molar-refractivity contribution in [2.45, 2.75) is 105 Å². The van der Waals surface area contributed by atoms with Gasteiger partial charge in [-0.3, -0.25) is 0 Å². The summed E-state index contributed by atoms with van der Waals surface area (Å²) >= 11 is -2.43. The third-order valence-corrected chi connectivity index (χ3v) is 20.5. The van der Waals surface area contributed by atoms with Crippen LogP contribution in [0.1, 0.15) is 85.5 Å². The van der Waals surface area contributed by atoms with Crippen LogP contribution in [-0.2, 0) is 19.0 Å². The fourth-order valence-electron chi connectivity index (χ4n) is 4.28. The molecule has 0 heterocycles. The molecule has 2 atom stereocenters. The van der Waals surface area contributed by atoms with Gasteiger partial charge in [0.1, 0.15) is 0 Å². The molecule has 33 heavy (non-hydrogen) atoms. The first kappa shape index (κ1) is 32.6. The molecule has 0 spiro atoms. The molecule has 0 fully saturated rings. The van der Waals surface area contributed by atoms with Gasteiger partial charge >= 0.3 is 209 Å². The molecule has 0 aliphatic rings. The number of rotatable bonds is 21. The van der Waals surface area contributed by atoms with Crippen molar-refractivity contribution in [1.29, 1.82) is 0 Å². The normalized spacial score (nSPS) is 14.6. The maximum absolute atomic E-state index is 12.6. The van der Waals surface area contributed by atoms with Crippen molar-refractivity contribution in [2.75, 3.05) is 27.6 Å². The number of aliphatic hydroxyl groups is 1. The van der Waals surface area contributed by atoms with Crippen LogP contribution in [0.5, 0.6) is 0 Å². The summed E-state index contributed by atoms with van der Waals surface area (Å²) in [4.78, 5) is 12.6. The van der Waals surface area contributed by atoms with Crippen molar-refractivity contribution in [3.63, 3.8) is 0 Å². The van der Waals surface area contributed by atoms with Gasteiger partial charge in [0.25, 0.3) is 0 Å². The van der Waals surface area contributed by atoms with E-state index in [4.69, 9.17) is 19.3 Å². The Kier molecular flexibility index (Phi) is 20.7. The fourth-order valence-corrected chi connectivity index (χ4v) is 18.9.